The van der Waals surface area contributed by atoms with Crippen LogP contribution in [0.3, 0.4) is 0 Å². The van der Waals surface area contributed by atoms with E-state index in [0.717, 1.165) is 16.3 Å². The molecule has 0 aliphatic rings. The molecule has 3 aromatic rings. The van der Waals surface area contributed by atoms with Gasteiger partial charge < -0.3 is 5.11 Å². The topological polar surface area (TPSA) is 33.1 Å². The summed E-state index contributed by atoms with van der Waals surface area (Å²) in [5.41, 5.74) is 1.11. The Morgan fingerprint density at radius 1 is 0.909 bits per heavy atom. The van der Waals surface area contributed by atoms with Crippen LogP contribution >= 0.6 is 46.6 Å². The SMILES string of the molecule is Oc1nc(SCc2ccc(Cl)cc2)c2cc(Cl)ccc2c1Cl. The quantitative estimate of drug-likeness (QED) is 0.558. The van der Waals surface area contributed by atoms with Gasteiger partial charge in [-0.05, 0) is 29.8 Å². The molecular weight excluding hydrogens is 361 g/mol. The highest BCUT2D eigenvalue weighted by Crippen LogP contribution is 2.38. The van der Waals surface area contributed by atoms with E-state index in [1.54, 1.807) is 18.2 Å². The number of hydrogen-bond acceptors (Lipinski definition) is 3. The molecule has 0 aliphatic heterocycles. The molecule has 22 heavy (non-hydrogen) atoms. The summed E-state index contributed by atoms with van der Waals surface area (Å²) in [6, 6.07) is 12.9. The third-order valence-corrected chi connectivity index (χ3v) is 5.06. The van der Waals surface area contributed by atoms with Gasteiger partial charge in [0.25, 0.3) is 0 Å². The average Bonchev–Trinajstić information content (AvgIpc) is 2.51. The minimum atomic E-state index is -0.171. The first-order valence-electron chi connectivity index (χ1n) is 6.39. The number of benzene rings is 2. The van der Waals surface area contributed by atoms with Crippen LogP contribution in [0.15, 0.2) is 47.5 Å². The molecule has 112 valence electrons. The lowest BCUT2D eigenvalue weighted by Crippen LogP contribution is -1.88. The van der Waals surface area contributed by atoms with Crippen molar-refractivity contribution in [3.8, 4) is 5.88 Å². The maximum Gasteiger partial charge on any atom is 0.231 e. The molecule has 6 heteroatoms. The monoisotopic (exact) mass is 369 g/mol. The van der Waals surface area contributed by atoms with Gasteiger partial charge in [-0.2, -0.15) is 0 Å². The van der Waals surface area contributed by atoms with Crippen LogP contribution in [0.1, 0.15) is 5.56 Å². The van der Waals surface area contributed by atoms with Gasteiger partial charge in [0.1, 0.15) is 10.0 Å². The second-order valence-electron chi connectivity index (χ2n) is 4.66. The number of nitrogens with zero attached hydrogens (tertiary/aromatic N) is 1. The lowest BCUT2D eigenvalue weighted by molar-refractivity contribution is 0.450. The summed E-state index contributed by atoms with van der Waals surface area (Å²) < 4.78 is 0. The van der Waals surface area contributed by atoms with Crippen molar-refractivity contribution in [1.29, 1.82) is 0 Å². The Morgan fingerprint density at radius 2 is 1.59 bits per heavy atom. The van der Waals surface area contributed by atoms with Crippen molar-refractivity contribution < 1.29 is 5.11 Å². The second kappa shape index (κ2) is 6.55. The van der Waals surface area contributed by atoms with Gasteiger partial charge in [0.2, 0.25) is 5.88 Å². The minimum absolute atomic E-state index is 0.171. The molecule has 2 nitrogen and oxygen atoms in total. The van der Waals surface area contributed by atoms with Crippen molar-refractivity contribution in [3.05, 3.63) is 63.1 Å². The molecule has 1 aromatic heterocycles. The number of halogens is 3. The Morgan fingerprint density at radius 3 is 2.32 bits per heavy atom. The molecule has 3 rings (SSSR count). The van der Waals surface area contributed by atoms with Crippen molar-refractivity contribution in [2.75, 3.05) is 0 Å². The smallest absolute Gasteiger partial charge is 0.231 e. The van der Waals surface area contributed by atoms with Gasteiger partial charge >= 0.3 is 0 Å². The molecule has 1 heterocycles. The highest BCUT2D eigenvalue weighted by molar-refractivity contribution is 7.98. The molecule has 0 bridgehead atoms. The van der Waals surface area contributed by atoms with Gasteiger partial charge in [-0.15, -0.1) is 11.8 Å². The number of aromatic hydroxyl groups is 1. The van der Waals surface area contributed by atoms with Gasteiger partial charge in [0, 0.05) is 26.6 Å². The lowest BCUT2D eigenvalue weighted by Gasteiger charge is -2.09. The van der Waals surface area contributed by atoms with E-state index < -0.39 is 0 Å². The highest BCUT2D eigenvalue weighted by atomic mass is 35.5. The molecule has 0 spiro atoms. The van der Waals surface area contributed by atoms with Crippen LogP contribution in [-0.2, 0) is 5.75 Å². The normalized spacial score (nSPS) is 11.0. The number of aromatic nitrogens is 1. The summed E-state index contributed by atoms with van der Waals surface area (Å²) in [7, 11) is 0. The zero-order valence-corrected chi connectivity index (χ0v) is 14.3. The highest BCUT2D eigenvalue weighted by Gasteiger charge is 2.13. The minimum Gasteiger partial charge on any atom is -0.492 e. The zero-order valence-electron chi connectivity index (χ0n) is 11.2. The Kier molecular flexibility index (Phi) is 4.69. The van der Waals surface area contributed by atoms with Crippen LogP contribution in [-0.4, -0.2) is 10.1 Å². The largest absolute Gasteiger partial charge is 0.492 e. The number of hydrogen-bond donors (Lipinski definition) is 1. The van der Waals surface area contributed by atoms with E-state index in [1.807, 2.05) is 24.3 Å². The summed E-state index contributed by atoms with van der Waals surface area (Å²) in [5, 5.41) is 13.7. The molecule has 0 aliphatic carbocycles. The molecule has 0 saturated heterocycles. The van der Waals surface area contributed by atoms with Gasteiger partial charge in [-0.1, -0.05) is 53.0 Å². The number of rotatable bonds is 3. The Bertz CT molecular complexity index is 837. The van der Waals surface area contributed by atoms with Crippen molar-refractivity contribution in [2.45, 2.75) is 10.8 Å². The standard InChI is InChI=1S/C16H10Cl3NOS/c17-10-3-1-9(2-4-10)8-22-16-13-7-11(18)5-6-12(13)14(19)15(21)20-16/h1-7H,8H2,(H,20,21). The first-order chi connectivity index (χ1) is 10.5. The number of thioether (sulfide) groups is 1. The summed E-state index contributed by atoms with van der Waals surface area (Å²) >= 11 is 19.6. The first-order valence-corrected chi connectivity index (χ1v) is 8.51. The maximum absolute atomic E-state index is 9.89. The van der Waals surface area contributed by atoms with Crippen LogP contribution in [0.2, 0.25) is 15.1 Å². The van der Waals surface area contributed by atoms with Crippen molar-refractivity contribution in [2.24, 2.45) is 0 Å². The second-order valence-corrected chi connectivity index (χ2v) is 6.87. The summed E-state index contributed by atoms with van der Waals surface area (Å²) in [6.45, 7) is 0. The van der Waals surface area contributed by atoms with Crippen LogP contribution in [0.5, 0.6) is 5.88 Å². The van der Waals surface area contributed by atoms with E-state index in [-0.39, 0.29) is 10.9 Å². The molecule has 0 unspecified atom stereocenters. The predicted molar refractivity (Wildman–Crippen MR) is 94.4 cm³/mol. The van der Waals surface area contributed by atoms with Crippen LogP contribution in [0.4, 0.5) is 0 Å². The molecular formula is C16H10Cl3NOS. The summed E-state index contributed by atoms with van der Waals surface area (Å²) in [5.74, 6) is 0.530. The fourth-order valence-corrected chi connectivity index (χ4v) is 3.53. The fourth-order valence-electron chi connectivity index (χ4n) is 2.05. The van der Waals surface area contributed by atoms with Gasteiger partial charge in [-0.25, -0.2) is 4.98 Å². The van der Waals surface area contributed by atoms with E-state index in [1.165, 1.54) is 11.8 Å². The van der Waals surface area contributed by atoms with E-state index >= 15 is 0 Å². The molecule has 1 N–H and O–H groups in total. The van der Waals surface area contributed by atoms with E-state index in [2.05, 4.69) is 4.98 Å². The fraction of sp³-hybridized carbons (Fsp3) is 0.0625. The van der Waals surface area contributed by atoms with Crippen LogP contribution in [0, 0.1) is 0 Å². The van der Waals surface area contributed by atoms with E-state index in [9.17, 15) is 5.11 Å². The third-order valence-electron chi connectivity index (χ3n) is 3.14. The Balaban J connectivity index is 1.97. The Hall–Kier alpha value is -1.13. The van der Waals surface area contributed by atoms with Crippen LogP contribution < -0.4 is 0 Å². The third kappa shape index (κ3) is 3.28. The van der Waals surface area contributed by atoms with Crippen molar-refractivity contribution in [1.82, 2.24) is 4.98 Å². The maximum atomic E-state index is 9.89. The van der Waals surface area contributed by atoms with E-state index in [0.29, 0.717) is 20.8 Å². The molecule has 0 atom stereocenters. The van der Waals surface area contributed by atoms with E-state index in [4.69, 9.17) is 34.8 Å². The summed E-state index contributed by atoms with van der Waals surface area (Å²) in [4.78, 5) is 4.18. The molecule has 0 fully saturated rings. The average molecular weight is 371 g/mol. The zero-order chi connectivity index (χ0) is 15.7. The number of pyridine rings is 1. The van der Waals surface area contributed by atoms with Gasteiger partial charge in [0.15, 0.2) is 0 Å². The first kappa shape index (κ1) is 15.8. The van der Waals surface area contributed by atoms with Gasteiger partial charge in [0.05, 0.1) is 0 Å². The Labute approximate surface area is 147 Å². The molecule has 0 saturated carbocycles. The molecule has 0 radical (unpaired) electrons. The van der Waals surface area contributed by atoms with Crippen molar-refractivity contribution >= 4 is 57.3 Å². The summed E-state index contributed by atoms with van der Waals surface area (Å²) in [6.07, 6.45) is 0. The predicted octanol–water partition coefficient (Wildman–Crippen LogP) is 6.19. The molecule has 0 amide bonds. The van der Waals surface area contributed by atoms with Crippen molar-refractivity contribution in [3.63, 3.8) is 0 Å². The number of fused-ring (bicyclic) bond motifs is 1. The lowest BCUT2D eigenvalue weighted by atomic mass is 10.2. The van der Waals surface area contributed by atoms with Gasteiger partial charge in [-0.3, -0.25) is 0 Å². The van der Waals surface area contributed by atoms with Crippen LogP contribution in [0.25, 0.3) is 10.8 Å². The molecule has 2 aromatic carbocycles.